The van der Waals surface area contributed by atoms with Crippen LogP contribution in [0.15, 0.2) is 70.5 Å². The normalized spacial score (nSPS) is 12.7. The Bertz CT molecular complexity index is 1440. The van der Waals surface area contributed by atoms with Crippen LogP contribution in [0, 0.1) is 6.92 Å². The number of halogens is 1. The molecule has 0 aliphatic heterocycles. The van der Waals surface area contributed by atoms with Crippen molar-refractivity contribution in [1.82, 2.24) is 0 Å². The SMILES string of the molecule is Cc1ccc(S(=O)(=O)C(C)C(=O)Nc2cc(O)c(Nc3ccc(S(C)(=O)=O)cc3)cc2Cl)cc1. The van der Waals surface area contributed by atoms with Gasteiger partial charge in [0.1, 0.15) is 11.0 Å². The van der Waals surface area contributed by atoms with Crippen LogP contribution in [0.2, 0.25) is 5.02 Å². The number of sulfone groups is 2. The van der Waals surface area contributed by atoms with Crippen LogP contribution in [-0.4, -0.2) is 39.4 Å². The summed E-state index contributed by atoms with van der Waals surface area (Å²) in [4.78, 5) is 12.8. The minimum Gasteiger partial charge on any atom is -0.506 e. The van der Waals surface area contributed by atoms with Gasteiger partial charge in [-0.1, -0.05) is 29.3 Å². The van der Waals surface area contributed by atoms with Crippen molar-refractivity contribution in [2.24, 2.45) is 0 Å². The maximum Gasteiger partial charge on any atom is 0.242 e. The van der Waals surface area contributed by atoms with E-state index in [1.54, 1.807) is 12.1 Å². The summed E-state index contributed by atoms with van der Waals surface area (Å²) in [5, 5.41) is 14.4. The molecule has 3 aromatic rings. The van der Waals surface area contributed by atoms with E-state index in [1.165, 1.54) is 55.5 Å². The quantitative estimate of drug-likeness (QED) is 0.394. The van der Waals surface area contributed by atoms with E-state index in [9.17, 15) is 26.7 Å². The molecule has 180 valence electrons. The van der Waals surface area contributed by atoms with Crippen molar-refractivity contribution < 1.29 is 26.7 Å². The van der Waals surface area contributed by atoms with Gasteiger partial charge < -0.3 is 15.7 Å². The third-order valence-electron chi connectivity index (χ3n) is 5.09. The first-order valence-corrected chi connectivity index (χ1v) is 13.8. The first-order valence-electron chi connectivity index (χ1n) is 10.00. The Hall–Kier alpha value is -3.08. The van der Waals surface area contributed by atoms with Crippen LogP contribution in [0.25, 0.3) is 0 Å². The van der Waals surface area contributed by atoms with Gasteiger partial charge in [0.15, 0.2) is 19.7 Å². The highest BCUT2D eigenvalue weighted by Crippen LogP contribution is 2.36. The van der Waals surface area contributed by atoms with Crippen LogP contribution in [0.4, 0.5) is 17.1 Å². The van der Waals surface area contributed by atoms with E-state index in [0.717, 1.165) is 11.8 Å². The summed E-state index contributed by atoms with van der Waals surface area (Å²) < 4.78 is 48.7. The summed E-state index contributed by atoms with van der Waals surface area (Å²) >= 11 is 6.26. The zero-order valence-electron chi connectivity index (χ0n) is 18.5. The zero-order chi connectivity index (χ0) is 25.3. The lowest BCUT2D eigenvalue weighted by Crippen LogP contribution is -2.32. The third kappa shape index (κ3) is 5.69. The number of hydrogen-bond acceptors (Lipinski definition) is 7. The van der Waals surface area contributed by atoms with Crippen LogP contribution in [0.3, 0.4) is 0 Å². The van der Waals surface area contributed by atoms with E-state index >= 15 is 0 Å². The number of aromatic hydroxyl groups is 1. The fourth-order valence-electron chi connectivity index (χ4n) is 3.01. The van der Waals surface area contributed by atoms with Crippen LogP contribution < -0.4 is 10.6 Å². The van der Waals surface area contributed by atoms with E-state index in [0.29, 0.717) is 5.69 Å². The number of aryl methyl sites for hydroxylation is 1. The number of benzene rings is 3. The van der Waals surface area contributed by atoms with Gasteiger partial charge in [-0.15, -0.1) is 0 Å². The molecule has 0 fully saturated rings. The number of phenols is 1. The number of hydrogen-bond donors (Lipinski definition) is 3. The second-order valence-electron chi connectivity index (χ2n) is 7.76. The molecule has 0 heterocycles. The van der Waals surface area contributed by atoms with Gasteiger partial charge in [-0.2, -0.15) is 0 Å². The molecule has 0 saturated heterocycles. The molecule has 11 heteroatoms. The standard InChI is InChI=1S/C23H23ClN2O6S2/c1-14-4-8-18(9-5-14)34(31,32)15(2)23(28)26-20-13-22(27)21(12-19(20)24)25-16-6-10-17(11-7-16)33(3,29)30/h4-13,15,25,27H,1-3H3,(H,26,28). The van der Waals surface area contributed by atoms with E-state index in [2.05, 4.69) is 10.6 Å². The first-order chi connectivity index (χ1) is 15.8. The summed E-state index contributed by atoms with van der Waals surface area (Å²) in [6.07, 6.45) is 1.10. The number of amides is 1. The van der Waals surface area contributed by atoms with Gasteiger partial charge in [0.25, 0.3) is 0 Å². The highest BCUT2D eigenvalue weighted by Gasteiger charge is 2.30. The molecular weight excluding hydrogens is 500 g/mol. The van der Waals surface area contributed by atoms with Crippen molar-refractivity contribution in [1.29, 1.82) is 0 Å². The van der Waals surface area contributed by atoms with Crippen LogP contribution in [0.1, 0.15) is 12.5 Å². The summed E-state index contributed by atoms with van der Waals surface area (Å²) in [6, 6.07) is 14.6. The molecule has 3 aromatic carbocycles. The van der Waals surface area contributed by atoms with Crippen molar-refractivity contribution in [2.75, 3.05) is 16.9 Å². The van der Waals surface area contributed by atoms with Crippen molar-refractivity contribution in [3.05, 3.63) is 71.2 Å². The Kier molecular flexibility index (Phi) is 7.25. The monoisotopic (exact) mass is 522 g/mol. The summed E-state index contributed by atoms with van der Waals surface area (Å²) in [7, 11) is -7.28. The molecule has 1 atom stereocenters. The molecule has 0 spiro atoms. The average Bonchev–Trinajstić information content (AvgIpc) is 2.76. The first kappa shape index (κ1) is 25.5. The van der Waals surface area contributed by atoms with E-state index in [-0.39, 0.29) is 31.9 Å². The highest BCUT2D eigenvalue weighted by atomic mass is 35.5. The molecule has 0 aliphatic carbocycles. The van der Waals surface area contributed by atoms with Gasteiger partial charge in [-0.25, -0.2) is 16.8 Å². The molecular formula is C23H23ClN2O6S2. The number of anilines is 3. The minimum atomic E-state index is -3.93. The van der Waals surface area contributed by atoms with Crippen molar-refractivity contribution >= 4 is 54.2 Å². The second-order valence-corrected chi connectivity index (χ2v) is 12.5. The topological polar surface area (TPSA) is 130 Å². The largest absolute Gasteiger partial charge is 0.506 e. The van der Waals surface area contributed by atoms with Gasteiger partial charge in [-0.05, 0) is 56.3 Å². The lowest BCUT2D eigenvalue weighted by molar-refractivity contribution is -0.115. The maximum absolute atomic E-state index is 12.8. The molecule has 0 radical (unpaired) electrons. The molecule has 8 nitrogen and oxygen atoms in total. The Balaban J connectivity index is 1.78. The number of phenolic OH excluding ortho intramolecular Hbond substituents is 1. The van der Waals surface area contributed by atoms with E-state index < -0.39 is 30.8 Å². The molecule has 0 bridgehead atoms. The number of carbonyl (C=O) groups is 1. The molecule has 1 amide bonds. The Labute approximate surface area is 203 Å². The molecule has 3 N–H and O–H groups in total. The van der Waals surface area contributed by atoms with Crippen LogP contribution in [0.5, 0.6) is 5.75 Å². The van der Waals surface area contributed by atoms with Crippen molar-refractivity contribution in [2.45, 2.75) is 28.9 Å². The molecule has 1 unspecified atom stereocenters. The van der Waals surface area contributed by atoms with Crippen LogP contribution in [-0.2, 0) is 24.5 Å². The predicted octanol–water partition coefficient (Wildman–Crippen LogP) is 4.30. The van der Waals surface area contributed by atoms with Crippen LogP contribution >= 0.6 is 11.6 Å². The molecule has 34 heavy (non-hydrogen) atoms. The Morgan fingerprint density at radius 3 is 2.03 bits per heavy atom. The third-order valence-corrected chi connectivity index (χ3v) is 8.60. The zero-order valence-corrected chi connectivity index (χ0v) is 20.9. The number of carbonyl (C=O) groups excluding carboxylic acids is 1. The minimum absolute atomic E-state index is 0.0242. The average molecular weight is 523 g/mol. The summed E-state index contributed by atoms with van der Waals surface area (Å²) in [5.41, 5.74) is 1.62. The second kappa shape index (κ2) is 9.65. The van der Waals surface area contributed by atoms with Crippen molar-refractivity contribution in [3.8, 4) is 5.75 Å². The van der Waals surface area contributed by atoms with Gasteiger partial charge in [0.2, 0.25) is 5.91 Å². The molecule has 3 rings (SSSR count). The molecule has 0 aliphatic rings. The van der Waals surface area contributed by atoms with Gasteiger partial charge in [-0.3, -0.25) is 4.79 Å². The van der Waals surface area contributed by atoms with E-state index in [1.807, 2.05) is 6.92 Å². The summed E-state index contributed by atoms with van der Waals surface area (Å²) in [6.45, 7) is 3.10. The number of rotatable bonds is 7. The lowest BCUT2D eigenvalue weighted by Gasteiger charge is -2.16. The maximum atomic E-state index is 12.8. The van der Waals surface area contributed by atoms with Gasteiger partial charge >= 0.3 is 0 Å². The van der Waals surface area contributed by atoms with E-state index in [4.69, 9.17) is 11.6 Å². The highest BCUT2D eigenvalue weighted by molar-refractivity contribution is 7.92. The molecule has 0 aromatic heterocycles. The number of nitrogens with one attached hydrogen (secondary N) is 2. The fourth-order valence-corrected chi connectivity index (χ4v) is 5.11. The smallest absolute Gasteiger partial charge is 0.242 e. The van der Waals surface area contributed by atoms with Crippen molar-refractivity contribution in [3.63, 3.8) is 0 Å². The Morgan fingerprint density at radius 1 is 0.912 bits per heavy atom. The predicted molar refractivity (Wildman–Crippen MR) is 132 cm³/mol. The Morgan fingerprint density at radius 2 is 1.47 bits per heavy atom. The fraction of sp³-hybridized carbons (Fsp3) is 0.174. The summed E-state index contributed by atoms with van der Waals surface area (Å²) in [5.74, 6) is -1.07. The lowest BCUT2D eigenvalue weighted by atomic mass is 10.2. The van der Waals surface area contributed by atoms with Gasteiger partial charge in [0, 0.05) is 18.0 Å². The molecule has 0 saturated carbocycles. The van der Waals surface area contributed by atoms with Gasteiger partial charge in [0.05, 0.1) is 26.2 Å².